The number of rotatable bonds is 3. The first-order valence-electron chi connectivity index (χ1n) is 6.67. The number of hydrogen-bond donors (Lipinski definition) is 2. The predicted octanol–water partition coefficient (Wildman–Crippen LogP) is -0.169. The largest absolute Gasteiger partial charge is 0.379 e. The van der Waals surface area contributed by atoms with Crippen molar-refractivity contribution in [2.75, 3.05) is 32.8 Å². The standard InChI is InChI=1S/C14H19N3O3S/c1-12-11-14(5-4-13(12)3-2-6-15)21(18,19)16-17-7-9-20-10-8-17/h4-5,11,16H,6-10,15H2,1H3. The third-order valence-corrected chi connectivity index (χ3v) is 4.47. The SMILES string of the molecule is Cc1cc(S(=O)(=O)NN2CCOCC2)ccc1C#CCN. The monoisotopic (exact) mass is 309 g/mol. The van der Waals surface area contributed by atoms with E-state index in [1.807, 2.05) is 6.92 Å². The van der Waals surface area contributed by atoms with Crippen LogP contribution in [0.15, 0.2) is 23.1 Å². The average molecular weight is 309 g/mol. The van der Waals surface area contributed by atoms with Gasteiger partial charge in [0.15, 0.2) is 0 Å². The van der Waals surface area contributed by atoms with Crippen molar-refractivity contribution >= 4 is 10.0 Å². The molecule has 0 amide bonds. The van der Waals surface area contributed by atoms with E-state index in [0.717, 1.165) is 11.1 Å². The van der Waals surface area contributed by atoms with Crippen LogP contribution >= 0.6 is 0 Å². The first-order chi connectivity index (χ1) is 10.0. The zero-order valence-corrected chi connectivity index (χ0v) is 12.7. The molecule has 0 bridgehead atoms. The molecule has 3 N–H and O–H groups in total. The van der Waals surface area contributed by atoms with Gasteiger partial charge in [-0.1, -0.05) is 11.8 Å². The molecule has 0 unspecified atom stereocenters. The Morgan fingerprint density at radius 2 is 2.10 bits per heavy atom. The Kier molecular flexibility index (Phi) is 5.33. The number of ether oxygens (including phenoxy) is 1. The molecular formula is C14H19N3O3S. The predicted molar refractivity (Wildman–Crippen MR) is 79.8 cm³/mol. The van der Waals surface area contributed by atoms with Crippen molar-refractivity contribution in [1.82, 2.24) is 9.84 Å². The van der Waals surface area contributed by atoms with E-state index in [1.165, 1.54) is 0 Å². The average Bonchev–Trinajstić information content (AvgIpc) is 2.46. The Morgan fingerprint density at radius 3 is 2.71 bits per heavy atom. The molecule has 7 heteroatoms. The molecular weight excluding hydrogens is 290 g/mol. The number of hydrazine groups is 1. The van der Waals surface area contributed by atoms with Crippen molar-refractivity contribution in [3.05, 3.63) is 29.3 Å². The lowest BCUT2D eigenvalue weighted by Crippen LogP contribution is -2.48. The number of nitrogens with one attached hydrogen (secondary N) is 1. The highest BCUT2D eigenvalue weighted by Gasteiger charge is 2.20. The lowest BCUT2D eigenvalue weighted by atomic mass is 10.1. The van der Waals surface area contributed by atoms with E-state index in [4.69, 9.17) is 10.5 Å². The Balaban J connectivity index is 2.18. The minimum absolute atomic E-state index is 0.227. The van der Waals surface area contributed by atoms with Gasteiger partial charge in [0.25, 0.3) is 10.0 Å². The molecule has 1 fully saturated rings. The zero-order valence-electron chi connectivity index (χ0n) is 11.9. The van der Waals surface area contributed by atoms with Crippen LogP contribution in [0, 0.1) is 18.8 Å². The molecule has 2 rings (SSSR count). The van der Waals surface area contributed by atoms with Crippen molar-refractivity contribution < 1.29 is 13.2 Å². The van der Waals surface area contributed by atoms with Crippen LogP contribution in [0.2, 0.25) is 0 Å². The van der Waals surface area contributed by atoms with Crippen LogP contribution in [-0.4, -0.2) is 46.3 Å². The molecule has 1 aliphatic heterocycles. The van der Waals surface area contributed by atoms with Gasteiger partial charge in [-0.05, 0) is 30.7 Å². The molecule has 1 aliphatic rings. The second kappa shape index (κ2) is 7.02. The van der Waals surface area contributed by atoms with E-state index in [9.17, 15) is 8.42 Å². The van der Waals surface area contributed by atoms with Gasteiger partial charge >= 0.3 is 0 Å². The van der Waals surface area contributed by atoms with E-state index in [0.29, 0.717) is 26.3 Å². The molecule has 0 aliphatic carbocycles. The summed E-state index contributed by atoms with van der Waals surface area (Å²) in [5.41, 5.74) is 6.92. The number of nitrogens with zero attached hydrogens (tertiary/aromatic N) is 1. The van der Waals surface area contributed by atoms with Crippen LogP contribution in [-0.2, 0) is 14.8 Å². The van der Waals surface area contributed by atoms with Crippen LogP contribution in [0.4, 0.5) is 0 Å². The second-order valence-electron chi connectivity index (χ2n) is 4.68. The molecule has 6 nitrogen and oxygen atoms in total. The fourth-order valence-corrected chi connectivity index (χ4v) is 3.17. The minimum atomic E-state index is -3.57. The van der Waals surface area contributed by atoms with Crippen molar-refractivity contribution in [2.24, 2.45) is 5.73 Å². The summed E-state index contributed by atoms with van der Waals surface area (Å²) < 4.78 is 29.8. The van der Waals surface area contributed by atoms with Gasteiger partial charge in [0.2, 0.25) is 0 Å². The molecule has 1 aromatic rings. The summed E-state index contributed by atoms with van der Waals surface area (Å²) in [5.74, 6) is 5.68. The first kappa shape index (κ1) is 15.9. The quantitative estimate of drug-likeness (QED) is 0.757. The van der Waals surface area contributed by atoms with Crippen molar-refractivity contribution in [3.8, 4) is 11.8 Å². The van der Waals surface area contributed by atoms with E-state index >= 15 is 0 Å². The van der Waals surface area contributed by atoms with Gasteiger partial charge in [-0.15, -0.1) is 4.83 Å². The number of aryl methyl sites for hydroxylation is 1. The van der Waals surface area contributed by atoms with Gasteiger partial charge in [-0.2, -0.15) is 0 Å². The van der Waals surface area contributed by atoms with Gasteiger partial charge in [-0.3, -0.25) is 0 Å². The fraction of sp³-hybridized carbons (Fsp3) is 0.429. The third kappa shape index (κ3) is 4.27. The lowest BCUT2D eigenvalue weighted by Gasteiger charge is -2.26. The maximum atomic E-state index is 12.3. The van der Waals surface area contributed by atoms with Crippen LogP contribution in [0.1, 0.15) is 11.1 Å². The molecule has 1 aromatic carbocycles. The highest BCUT2D eigenvalue weighted by atomic mass is 32.2. The Bertz CT molecular complexity index is 656. The van der Waals surface area contributed by atoms with Gasteiger partial charge in [-0.25, -0.2) is 13.4 Å². The molecule has 21 heavy (non-hydrogen) atoms. The van der Waals surface area contributed by atoms with E-state index in [1.54, 1.807) is 23.2 Å². The number of benzene rings is 1. The van der Waals surface area contributed by atoms with Crippen molar-refractivity contribution in [3.63, 3.8) is 0 Å². The van der Waals surface area contributed by atoms with Gasteiger partial charge < -0.3 is 10.5 Å². The molecule has 0 radical (unpaired) electrons. The fourth-order valence-electron chi connectivity index (χ4n) is 1.97. The van der Waals surface area contributed by atoms with Crippen LogP contribution in [0.3, 0.4) is 0 Å². The van der Waals surface area contributed by atoms with Crippen molar-refractivity contribution in [2.45, 2.75) is 11.8 Å². The van der Waals surface area contributed by atoms with Gasteiger partial charge in [0, 0.05) is 18.7 Å². The highest BCUT2D eigenvalue weighted by Crippen LogP contribution is 2.15. The van der Waals surface area contributed by atoms with Crippen molar-refractivity contribution in [1.29, 1.82) is 0 Å². The summed E-state index contributed by atoms with van der Waals surface area (Å²) >= 11 is 0. The molecule has 114 valence electrons. The van der Waals surface area contributed by atoms with Crippen LogP contribution < -0.4 is 10.6 Å². The topological polar surface area (TPSA) is 84.7 Å². The summed E-state index contributed by atoms with van der Waals surface area (Å²) in [5, 5.41) is 1.65. The lowest BCUT2D eigenvalue weighted by molar-refractivity contribution is 0.0272. The van der Waals surface area contributed by atoms with Gasteiger partial charge in [0.05, 0.1) is 24.7 Å². The maximum absolute atomic E-state index is 12.3. The minimum Gasteiger partial charge on any atom is -0.379 e. The Morgan fingerprint density at radius 1 is 1.38 bits per heavy atom. The molecule has 1 heterocycles. The third-order valence-electron chi connectivity index (χ3n) is 3.09. The number of hydrogen-bond acceptors (Lipinski definition) is 5. The summed E-state index contributed by atoms with van der Waals surface area (Å²) in [7, 11) is -3.57. The number of sulfonamides is 1. The molecule has 0 aromatic heterocycles. The second-order valence-corrected chi connectivity index (χ2v) is 6.34. The molecule has 0 saturated carbocycles. The Hall–Kier alpha value is -1.43. The Labute approximate surface area is 125 Å². The maximum Gasteiger partial charge on any atom is 0.253 e. The molecule has 0 spiro atoms. The smallest absolute Gasteiger partial charge is 0.253 e. The van der Waals surface area contributed by atoms with E-state index in [2.05, 4.69) is 16.7 Å². The number of morpholine rings is 1. The van der Waals surface area contributed by atoms with Crippen LogP contribution in [0.5, 0.6) is 0 Å². The van der Waals surface area contributed by atoms with Crippen LogP contribution in [0.25, 0.3) is 0 Å². The summed E-state index contributed by atoms with van der Waals surface area (Å²) in [6, 6.07) is 4.87. The summed E-state index contributed by atoms with van der Waals surface area (Å²) in [6.07, 6.45) is 0. The normalized spacial score (nSPS) is 16.3. The molecule has 0 atom stereocenters. The summed E-state index contributed by atoms with van der Waals surface area (Å²) in [6.45, 7) is 4.23. The number of nitrogens with two attached hydrogens (primary N) is 1. The molecule has 1 saturated heterocycles. The van der Waals surface area contributed by atoms with E-state index < -0.39 is 10.0 Å². The summed E-state index contributed by atoms with van der Waals surface area (Å²) in [4.78, 5) is 2.80. The zero-order chi connectivity index (χ0) is 15.3. The highest BCUT2D eigenvalue weighted by molar-refractivity contribution is 7.89. The first-order valence-corrected chi connectivity index (χ1v) is 8.16. The van der Waals surface area contributed by atoms with Gasteiger partial charge in [0.1, 0.15) is 0 Å². The van der Waals surface area contributed by atoms with E-state index in [-0.39, 0.29) is 11.4 Å².